The van der Waals surface area contributed by atoms with E-state index in [2.05, 4.69) is 17.2 Å². The van der Waals surface area contributed by atoms with Gasteiger partial charge in [-0.25, -0.2) is 4.98 Å². The van der Waals surface area contributed by atoms with Crippen LogP contribution in [0.4, 0.5) is 5.69 Å². The maximum Gasteiger partial charge on any atom is 0.234 e. The molecule has 1 amide bonds. The average molecular weight is 366 g/mol. The van der Waals surface area contributed by atoms with E-state index in [4.69, 9.17) is 4.74 Å². The fraction of sp³-hybridized carbons (Fsp3) is 0.238. The third kappa shape index (κ3) is 3.99. The number of aromatic nitrogens is 1. The summed E-state index contributed by atoms with van der Waals surface area (Å²) < 4.78 is 5.42. The van der Waals surface area contributed by atoms with E-state index < -0.39 is 0 Å². The monoisotopic (exact) mass is 366 g/mol. The smallest absolute Gasteiger partial charge is 0.234 e. The van der Waals surface area contributed by atoms with E-state index in [1.807, 2.05) is 55.5 Å². The number of para-hydroxylation sites is 2. The van der Waals surface area contributed by atoms with Crippen molar-refractivity contribution in [1.82, 2.24) is 4.98 Å². The van der Waals surface area contributed by atoms with Crippen molar-refractivity contribution in [3.63, 3.8) is 0 Å². The molecule has 134 valence electrons. The van der Waals surface area contributed by atoms with Crippen LogP contribution >= 0.6 is 11.8 Å². The molecule has 1 N–H and O–H groups in total. The molecule has 5 heteroatoms. The molecule has 3 aromatic rings. The normalized spacial score (nSPS) is 10.7. The van der Waals surface area contributed by atoms with Crippen LogP contribution in [-0.4, -0.2) is 23.8 Å². The predicted molar refractivity (Wildman–Crippen MR) is 108 cm³/mol. The van der Waals surface area contributed by atoms with Crippen molar-refractivity contribution >= 4 is 34.3 Å². The number of ether oxygens (including phenoxy) is 1. The second-order valence-electron chi connectivity index (χ2n) is 5.98. The minimum Gasteiger partial charge on any atom is -0.494 e. The van der Waals surface area contributed by atoms with Crippen molar-refractivity contribution in [2.24, 2.45) is 0 Å². The molecule has 0 atom stereocenters. The van der Waals surface area contributed by atoms with Crippen LogP contribution in [0.2, 0.25) is 0 Å². The molecule has 0 bridgehead atoms. The molecular formula is C21H22N2O2S. The van der Waals surface area contributed by atoms with Gasteiger partial charge in [0.25, 0.3) is 0 Å². The Bertz CT molecular complexity index is 940. The molecule has 1 aromatic heterocycles. The minimum absolute atomic E-state index is 0.0320. The van der Waals surface area contributed by atoms with Gasteiger partial charge in [0.05, 0.1) is 17.9 Å². The van der Waals surface area contributed by atoms with Crippen LogP contribution in [0, 0.1) is 6.92 Å². The van der Waals surface area contributed by atoms with Crippen molar-refractivity contribution in [3.05, 3.63) is 59.7 Å². The van der Waals surface area contributed by atoms with E-state index in [1.165, 1.54) is 11.8 Å². The summed E-state index contributed by atoms with van der Waals surface area (Å²) in [5.41, 5.74) is 3.96. The van der Waals surface area contributed by atoms with Crippen LogP contribution in [0.1, 0.15) is 18.1 Å². The maximum atomic E-state index is 12.3. The first-order valence-electron chi connectivity index (χ1n) is 8.57. The van der Waals surface area contributed by atoms with Gasteiger partial charge in [0.2, 0.25) is 5.91 Å². The number of nitrogens with zero attached hydrogens (tertiary/aromatic N) is 1. The molecule has 0 aliphatic carbocycles. The van der Waals surface area contributed by atoms with E-state index in [1.54, 1.807) is 7.11 Å². The van der Waals surface area contributed by atoms with Crippen LogP contribution in [0.15, 0.2) is 53.6 Å². The van der Waals surface area contributed by atoms with Gasteiger partial charge >= 0.3 is 0 Å². The molecular weight excluding hydrogens is 344 g/mol. The van der Waals surface area contributed by atoms with E-state index in [9.17, 15) is 4.79 Å². The highest BCUT2D eigenvalue weighted by Crippen LogP contribution is 2.29. The molecule has 0 saturated heterocycles. The minimum atomic E-state index is -0.0320. The Kier molecular flexibility index (Phi) is 5.78. The number of benzene rings is 2. The fourth-order valence-corrected chi connectivity index (χ4v) is 3.64. The number of aryl methyl sites for hydroxylation is 2. The lowest BCUT2D eigenvalue weighted by molar-refractivity contribution is -0.113. The number of fused-ring (bicyclic) bond motifs is 1. The van der Waals surface area contributed by atoms with Gasteiger partial charge in [-0.2, -0.15) is 0 Å². The van der Waals surface area contributed by atoms with Crippen molar-refractivity contribution in [1.29, 1.82) is 0 Å². The summed E-state index contributed by atoms with van der Waals surface area (Å²) >= 11 is 1.43. The first-order valence-corrected chi connectivity index (χ1v) is 9.56. The third-order valence-corrected chi connectivity index (χ3v) is 5.14. The number of pyridine rings is 1. The molecule has 0 aliphatic heterocycles. The fourth-order valence-electron chi connectivity index (χ4n) is 2.88. The zero-order chi connectivity index (χ0) is 18.5. The number of thioether (sulfide) groups is 1. The van der Waals surface area contributed by atoms with Crippen molar-refractivity contribution < 1.29 is 9.53 Å². The summed E-state index contributed by atoms with van der Waals surface area (Å²) in [7, 11) is 1.64. The summed E-state index contributed by atoms with van der Waals surface area (Å²) in [5, 5.41) is 4.88. The SMILES string of the molecule is CCc1ccccc1NC(=O)CSc1cc(C)c2cccc(OC)c2n1. The van der Waals surface area contributed by atoms with E-state index in [0.29, 0.717) is 5.75 Å². The Balaban J connectivity index is 1.74. The Hall–Kier alpha value is -2.53. The molecule has 0 spiro atoms. The van der Waals surface area contributed by atoms with E-state index in [-0.39, 0.29) is 5.91 Å². The van der Waals surface area contributed by atoms with Crippen LogP contribution in [0.3, 0.4) is 0 Å². The van der Waals surface area contributed by atoms with Crippen LogP contribution < -0.4 is 10.1 Å². The lowest BCUT2D eigenvalue weighted by Crippen LogP contribution is -2.15. The van der Waals surface area contributed by atoms with Gasteiger partial charge in [-0.05, 0) is 42.7 Å². The van der Waals surface area contributed by atoms with Gasteiger partial charge in [0, 0.05) is 11.1 Å². The van der Waals surface area contributed by atoms with Crippen molar-refractivity contribution in [2.45, 2.75) is 25.3 Å². The summed E-state index contributed by atoms with van der Waals surface area (Å²) in [4.78, 5) is 17.0. The lowest BCUT2D eigenvalue weighted by atomic mass is 10.1. The molecule has 26 heavy (non-hydrogen) atoms. The predicted octanol–water partition coefficient (Wildman–Crippen LogP) is 4.85. The Morgan fingerprint density at radius 3 is 2.77 bits per heavy atom. The van der Waals surface area contributed by atoms with E-state index >= 15 is 0 Å². The summed E-state index contributed by atoms with van der Waals surface area (Å²) in [6.45, 7) is 4.12. The van der Waals surface area contributed by atoms with Gasteiger partial charge in [0.1, 0.15) is 11.3 Å². The molecule has 0 aliphatic rings. The van der Waals surface area contributed by atoms with Crippen LogP contribution in [0.25, 0.3) is 10.9 Å². The molecule has 2 aromatic carbocycles. The highest BCUT2D eigenvalue weighted by atomic mass is 32.2. The van der Waals surface area contributed by atoms with Gasteiger partial charge in [0.15, 0.2) is 0 Å². The topological polar surface area (TPSA) is 51.2 Å². The molecule has 3 rings (SSSR count). The number of carbonyl (C=O) groups is 1. The zero-order valence-corrected chi connectivity index (χ0v) is 16.0. The average Bonchev–Trinajstić information content (AvgIpc) is 2.66. The third-order valence-electron chi connectivity index (χ3n) is 4.23. The molecule has 1 heterocycles. The second kappa shape index (κ2) is 8.23. The highest BCUT2D eigenvalue weighted by molar-refractivity contribution is 7.99. The summed E-state index contributed by atoms with van der Waals surface area (Å²) in [6.07, 6.45) is 0.884. The maximum absolute atomic E-state index is 12.3. The Labute approximate surface area is 158 Å². The van der Waals surface area contributed by atoms with Gasteiger partial charge in [-0.3, -0.25) is 4.79 Å². The number of methoxy groups -OCH3 is 1. The highest BCUT2D eigenvalue weighted by Gasteiger charge is 2.11. The van der Waals surface area contributed by atoms with Crippen LogP contribution in [0.5, 0.6) is 5.75 Å². The standard InChI is InChI=1S/C21H22N2O2S/c1-4-15-8-5-6-10-17(15)22-19(24)13-26-20-12-14(2)16-9-7-11-18(25-3)21(16)23-20/h5-12H,4,13H2,1-3H3,(H,22,24). The quantitative estimate of drug-likeness (QED) is 0.634. The van der Waals surface area contributed by atoms with Crippen LogP contribution in [-0.2, 0) is 11.2 Å². The molecule has 0 fully saturated rings. The number of amides is 1. The van der Waals surface area contributed by atoms with Gasteiger partial charge in [-0.1, -0.05) is 49.0 Å². The Morgan fingerprint density at radius 2 is 2.00 bits per heavy atom. The van der Waals surface area contributed by atoms with Gasteiger partial charge < -0.3 is 10.1 Å². The first-order chi connectivity index (χ1) is 12.6. The molecule has 0 radical (unpaired) electrons. The molecule has 0 unspecified atom stereocenters. The summed E-state index contributed by atoms with van der Waals surface area (Å²) in [6, 6.07) is 15.8. The lowest BCUT2D eigenvalue weighted by Gasteiger charge is -2.11. The van der Waals surface area contributed by atoms with Crippen molar-refractivity contribution in [2.75, 3.05) is 18.2 Å². The van der Waals surface area contributed by atoms with Crippen molar-refractivity contribution in [3.8, 4) is 5.75 Å². The second-order valence-corrected chi connectivity index (χ2v) is 6.98. The number of hydrogen-bond donors (Lipinski definition) is 1. The Morgan fingerprint density at radius 1 is 1.19 bits per heavy atom. The van der Waals surface area contributed by atoms with E-state index in [0.717, 1.165) is 44.9 Å². The molecule has 0 saturated carbocycles. The number of carbonyl (C=O) groups excluding carboxylic acids is 1. The number of anilines is 1. The number of rotatable bonds is 6. The number of hydrogen-bond acceptors (Lipinski definition) is 4. The van der Waals surface area contributed by atoms with Gasteiger partial charge in [-0.15, -0.1) is 0 Å². The largest absolute Gasteiger partial charge is 0.494 e. The first kappa shape index (κ1) is 18.3. The number of nitrogens with one attached hydrogen (secondary N) is 1. The summed E-state index contributed by atoms with van der Waals surface area (Å²) in [5.74, 6) is 1.02. The zero-order valence-electron chi connectivity index (χ0n) is 15.2. The molecule has 4 nitrogen and oxygen atoms in total.